The summed E-state index contributed by atoms with van der Waals surface area (Å²) in [6.07, 6.45) is 5.28. The minimum atomic E-state index is 0.0134. The lowest BCUT2D eigenvalue weighted by Gasteiger charge is -2.46. The number of ketones is 1. The van der Waals surface area contributed by atoms with Crippen molar-refractivity contribution in [1.82, 2.24) is 4.90 Å². The standard InChI is InChI=1S/C18H21NO3.CH4O/c1-19-8-7-18-6-5-12(20)10-13(18)16-11(9-15(18)19)3-4-14(22-2)17(16)21;1-2/h3-4,10,15,21H,5-9H2,1-2H3;2H,1H3. The van der Waals surface area contributed by atoms with E-state index in [0.29, 0.717) is 18.2 Å². The van der Waals surface area contributed by atoms with Gasteiger partial charge in [0.1, 0.15) is 0 Å². The van der Waals surface area contributed by atoms with E-state index in [1.54, 1.807) is 13.2 Å². The Kier molecular flexibility index (Phi) is 4.40. The van der Waals surface area contributed by atoms with Crippen molar-refractivity contribution in [1.29, 1.82) is 0 Å². The zero-order valence-electron chi connectivity index (χ0n) is 14.5. The van der Waals surface area contributed by atoms with Crippen molar-refractivity contribution < 1.29 is 19.7 Å². The summed E-state index contributed by atoms with van der Waals surface area (Å²) < 4.78 is 5.28. The van der Waals surface area contributed by atoms with E-state index in [-0.39, 0.29) is 16.9 Å². The molecule has 2 unspecified atom stereocenters. The molecule has 24 heavy (non-hydrogen) atoms. The van der Waals surface area contributed by atoms with Gasteiger partial charge in [-0.25, -0.2) is 0 Å². The molecule has 0 amide bonds. The van der Waals surface area contributed by atoms with Crippen LogP contribution in [0.5, 0.6) is 11.5 Å². The second-order valence-corrected chi connectivity index (χ2v) is 6.78. The van der Waals surface area contributed by atoms with Crippen molar-refractivity contribution in [2.75, 3.05) is 27.8 Å². The molecule has 5 nitrogen and oxygen atoms in total. The molecule has 0 bridgehead atoms. The first kappa shape index (κ1) is 17.0. The predicted molar refractivity (Wildman–Crippen MR) is 92.2 cm³/mol. The lowest BCUT2D eigenvalue weighted by molar-refractivity contribution is -0.115. The molecule has 3 aliphatic rings. The minimum absolute atomic E-state index is 0.0134. The van der Waals surface area contributed by atoms with Gasteiger partial charge in [0.15, 0.2) is 17.3 Å². The molecule has 1 heterocycles. The Hall–Kier alpha value is -1.85. The molecule has 1 aromatic carbocycles. The summed E-state index contributed by atoms with van der Waals surface area (Å²) in [4.78, 5) is 14.5. The number of phenols is 1. The van der Waals surface area contributed by atoms with Crippen LogP contribution in [0.4, 0.5) is 0 Å². The molecule has 5 heteroatoms. The second-order valence-electron chi connectivity index (χ2n) is 6.78. The Morgan fingerprint density at radius 2 is 2.04 bits per heavy atom. The lowest BCUT2D eigenvalue weighted by atomic mass is 9.60. The van der Waals surface area contributed by atoms with Crippen LogP contribution in [0.3, 0.4) is 0 Å². The largest absolute Gasteiger partial charge is 0.504 e. The summed E-state index contributed by atoms with van der Waals surface area (Å²) in [6.45, 7) is 1.04. The fourth-order valence-electron chi connectivity index (χ4n) is 4.71. The number of fused-ring (bicyclic) bond motifs is 2. The third kappa shape index (κ3) is 2.26. The molecule has 1 aromatic rings. The van der Waals surface area contributed by atoms with Gasteiger partial charge >= 0.3 is 0 Å². The summed E-state index contributed by atoms with van der Waals surface area (Å²) in [5.74, 6) is 0.843. The maximum absolute atomic E-state index is 12.1. The highest BCUT2D eigenvalue weighted by atomic mass is 16.5. The molecule has 0 radical (unpaired) electrons. The maximum Gasteiger partial charge on any atom is 0.165 e. The molecular weight excluding hydrogens is 306 g/mol. The van der Waals surface area contributed by atoms with Gasteiger partial charge < -0.3 is 19.8 Å². The van der Waals surface area contributed by atoms with Gasteiger partial charge in [-0.05, 0) is 56.1 Å². The molecular formula is C19H25NO4. The highest BCUT2D eigenvalue weighted by molar-refractivity contribution is 6.01. The molecule has 2 N–H and O–H groups in total. The Balaban J connectivity index is 0.000000815. The van der Waals surface area contributed by atoms with E-state index in [1.165, 1.54) is 0 Å². The monoisotopic (exact) mass is 331 g/mol. The number of nitrogens with zero attached hydrogens (tertiary/aromatic N) is 1. The van der Waals surface area contributed by atoms with Gasteiger partial charge in [0, 0.05) is 30.6 Å². The van der Waals surface area contributed by atoms with Crippen LogP contribution in [-0.2, 0) is 11.2 Å². The van der Waals surface area contributed by atoms with Crippen molar-refractivity contribution >= 4 is 11.4 Å². The van der Waals surface area contributed by atoms with Gasteiger partial charge in [-0.1, -0.05) is 6.07 Å². The molecule has 4 rings (SSSR count). The number of phenolic OH excluding ortho intramolecular Hbond substituents is 1. The van der Waals surface area contributed by atoms with Crippen LogP contribution >= 0.6 is 0 Å². The summed E-state index contributed by atoms with van der Waals surface area (Å²) in [5, 5.41) is 17.7. The number of carbonyl (C=O) groups excluding carboxylic acids is 1. The number of benzene rings is 1. The number of rotatable bonds is 1. The van der Waals surface area contributed by atoms with Crippen LogP contribution < -0.4 is 4.74 Å². The first-order valence-corrected chi connectivity index (χ1v) is 8.36. The van der Waals surface area contributed by atoms with Gasteiger partial charge in [0.25, 0.3) is 0 Å². The summed E-state index contributed by atoms with van der Waals surface area (Å²) >= 11 is 0. The van der Waals surface area contributed by atoms with Crippen LogP contribution in [0.25, 0.3) is 5.57 Å². The number of methoxy groups -OCH3 is 1. The van der Waals surface area contributed by atoms with E-state index >= 15 is 0 Å². The zero-order chi connectivity index (χ0) is 17.5. The smallest absolute Gasteiger partial charge is 0.165 e. The Morgan fingerprint density at radius 3 is 2.75 bits per heavy atom. The lowest BCUT2D eigenvalue weighted by Crippen LogP contribution is -2.45. The number of allylic oxidation sites excluding steroid dienone is 1. The number of likely N-dealkylation sites (tertiary alicyclic amines) is 1. The van der Waals surface area contributed by atoms with Crippen molar-refractivity contribution in [3.63, 3.8) is 0 Å². The van der Waals surface area contributed by atoms with Gasteiger partial charge in [-0.15, -0.1) is 0 Å². The zero-order valence-corrected chi connectivity index (χ0v) is 14.5. The first-order valence-electron chi connectivity index (χ1n) is 8.36. The van der Waals surface area contributed by atoms with E-state index in [0.717, 1.165) is 49.6 Å². The van der Waals surface area contributed by atoms with Crippen molar-refractivity contribution in [3.8, 4) is 11.5 Å². The number of likely N-dealkylation sites (N-methyl/N-ethyl adjacent to an activating group) is 1. The number of hydrogen-bond acceptors (Lipinski definition) is 5. The summed E-state index contributed by atoms with van der Waals surface area (Å²) in [6, 6.07) is 4.28. The van der Waals surface area contributed by atoms with Gasteiger partial charge in [0.2, 0.25) is 0 Å². The van der Waals surface area contributed by atoms with E-state index < -0.39 is 0 Å². The van der Waals surface area contributed by atoms with E-state index in [4.69, 9.17) is 9.84 Å². The minimum Gasteiger partial charge on any atom is -0.504 e. The second kappa shape index (κ2) is 6.22. The van der Waals surface area contributed by atoms with Crippen LogP contribution in [0.2, 0.25) is 0 Å². The average Bonchev–Trinajstić information content (AvgIpc) is 2.92. The first-order chi connectivity index (χ1) is 11.6. The Bertz CT molecular complexity index is 697. The summed E-state index contributed by atoms with van der Waals surface area (Å²) in [7, 11) is 4.73. The highest BCUT2D eigenvalue weighted by Gasteiger charge is 2.53. The topological polar surface area (TPSA) is 70.0 Å². The van der Waals surface area contributed by atoms with Crippen molar-refractivity contribution in [2.24, 2.45) is 5.41 Å². The van der Waals surface area contributed by atoms with Gasteiger partial charge in [0.05, 0.1) is 7.11 Å². The maximum atomic E-state index is 12.1. The molecule has 1 aliphatic heterocycles. The number of aliphatic hydroxyl groups excluding tert-OH is 1. The molecule has 0 saturated carbocycles. The molecule has 0 aromatic heterocycles. The average molecular weight is 331 g/mol. The molecule has 2 aliphatic carbocycles. The normalized spacial score (nSPS) is 28.1. The predicted octanol–water partition coefficient (Wildman–Crippen LogP) is 2.00. The number of aliphatic hydroxyl groups is 1. The fourth-order valence-corrected chi connectivity index (χ4v) is 4.71. The SMILES string of the molecule is CO.COc1ccc2c(c1O)C1=CC(=O)CCC13CCN(C)C3C2. The fraction of sp³-hybridized carbons (Fsp3) is 0.526. The molecule has 1 spiro atoms. The van der Waals surface area contributed by atoms with Crippen molar-refractivity contribution in [3.05, 3.63) is 29.3 Å². The van der Waals surface area contributed by atoms with Crippen LogP contribution in [-0.4, -0.2) is 54.8 Å². The molecule has 2 atom stereocenters. The van der Waals surface area contributed by atoms with E-state index in [2.05, 4.69) is 11.9 Å². The summed E-state index contributed by atoms with van der Waals surface area (Å²) in [5.41, 5.74) is 3.02. The van der Waals surface area contributed by atoms with Crippen LogP contribution in [0.15, 0.2) is 18.2 Å². The van der Waals surface area contributed by atoms with Gasteiger partial charge in [-0.3, -0.25) is 4.79 Å². The number of aromatic hydroxyl groups is 1. The van der Waals surface area contributed by atoms with Crippen molar-refractivity contribution in [2.45, 2.75) is 31.7 Å². The Labute approximate surface area is 142 Å². The van der Waals surface area contributed by atoms with Gasteiger partial charge in [-0.2, -0.15) is 0 Å². The molecule has 1 fully saturated rings. The number of hydrogen-bond donors (Lipinski definition) is 2. The van der Waals surface area contributed by atoms with E-state index in [9.17, 15) is 9.90 Å². The third-order valence-electron chi connectivity index (χ3n) is 5.87. The van der Waals surface area contributed by atoms with Crippen LogP contribution in [0, 0.1) is 5.41 Å². The third-order valence-corrected chi connectivity index (χ3v) is 5.87. The van der Waals surface area contributed by atoms with Crippen LogP contribution in [0.1, 0.15) is 30.4 Å². The molecule has 1 saturated heterocycles. The molecule has 130 valence electrons. The number of ether oxygens (including phenoxy) is 1. The quantitative estimate of drug-likeness (QED) is 0.824. The Morgan fingerprint density at radius 1 is 1.29 bits per heavy atom. The number of carbonyl (C=O) groups is 1. The highest BCUT2D eigenvalue weighted by Crippen LogP contribution is 2.59. The van der Waals surface area contributed by atoms with E-state index in [1.807, 2.05) is 12.1 Å².